The van der Waals surface area contributed by atoms with Crippen molar-refractivity contribution in [2.24, 2.45) is 0 Å². The lowest BCUT2D eigenvalue weighted by Gasteiger charge is -2.26. The number of likely N-dealkylation sites (tertiary alicyclic amines) is 1. The van der Waals surface area contributed by atoms with Gasteiger partial charge in [-0.2, -0.15) is 0 Å². The van der Waals surface area contributed by atoms with Gasteiger partial charge >= 0.3 is 5.97 Å². The number of piperidine rings is 1. The standard InChI is InChI=1S/C16H23NO3/c1-13(12-17-10-6-3-7-11-17)20-16(18)14-8-4-5-9-15(14)19-2/h4-5,8-9,13H,3,6-7,10-12H2,1-2H3/p+1. The second-order valence-electron chi connectivity index (χ2n) is 5.43. The highest BCUT2D eigenvalue weighted by Crippen LogP contribution is 2.18. The molecule has 110 valence electrons. The van der Waals surface area contributed by atoms with Gasteiger partial charge in [0, 0.05) is 0 Å². The molecule has 0 spiro atoms. The minimum Gasteiger partial charge on any atom is -0.496 e. The molecule has 1 atom stereocenters. The monoisotopic (exact) mass is 278 g/mol. The lowest BCUT2D eigenvalue weighted by Crippen LogP contribution is -3.13. The molecule has 4 nitrogen and oxygen atoms in total. The number of hydrogen-bond donors (Lipinski definition) is 1. The van der Waals surface area contributed by atoms with Crippen molar-refractivity contribution in [2.45, 2.75) is 32.3 Å². The lowest BCUT2D eigenvalue weighted by molar-refractivity contribution is -0.907. The second kappa shape index (κ2) is 7.29. The molecule has 1 heterocycles. The molecule has 1 aliphatic rings. The van der Waals surface area contributed by atoms with E-state index in [1.807, 2.05) is 19.1 Å². The van der Waals surface area contributed by atoms with E-state index in [2.05, 4.69) is 0 Å². The average molecular weight is 278 g/mol. The summed E-state index contributed by atoms with van der Waals surface area (Å²) >= 11 is 0. The summed E-state index contributed by atoms with van der Waals surface area (Å²) in [6.45, 7) is 5.24. The highest BCUT2D eigenvalue weighted by Gasteiger charge is 2.21. The van der Waals surface area contributed by atoms with Crippen molar-refractivity contribution in [3.63, 3.8) is 0 Å². The zero-order valence-corrected chi connectivity index (χ0v) is 12.4. The third-order valence-electron chi connectivity index (χ3n) is 3.77. The molecule has 1 fully saturated rings. The van der Waals surface area contributed by atoms with Gasteiger partial charge in [-0.15, -0.1) is 0 Å². The molecular weight excluding hydrogens is 254 g/mol. The molecule has 0 bridgehead atoms. The third-order valence-corrected chi connectivity index (χ3v) is 3.77. The Balaban J connectivity index is 1.89. The van der Waals surface area contributed by atoms with Gasteiger partial charge in [0.05, 0.1) is 20.2 Å². The summed E-state index contributed by atoms with van der Waals surface area (Å²) in [7, 11) is 1.56. The van der Waals surface area contributed by atoms with Crippen molar-refractivity contribution in [3.8, 4) is 5.75 Å². The maximum atomic E-state index is 12.2. The summed E-state index contributed by atoms with van der Waals surface area (Å²) in [5.74, 6) is 0.265. The van der Waals surface area contributed by atoms with Crippen LogP contribution in [0.15, 0.2) is 24.3 Å². The van der Waals surface area contributed by atoms with Crippen LogP contribution in [0.25, 0.3) is 0 Å². The molecule has 1 aromatic rings. The Labute approximate surface area is 120 Å². The first-order valence-corrected chi connectivity index (χ1v) is 7.38. The van der Waals surface area contributed by atoms with Crippen molar-refractivity contribution in [1.82, 2.24) is 0 Å². The summed E-state index contributed by atoms with van der Waals surface area (Å²) in [6.07, 6.45) is 3.82. The molecule has 2 rings (SSSR count). The van der Waals surface area contributed by atoms with Crippen molar-refractivity contribution in [3.05, 3.63) is 29.8 Å². The van der Waals surface area contributed by atoms with Gasteiger partial charge < -0.3 is 14.4 Å². The Morgan fingerprint density at radius 1 is 1.25 bits per heavy atom. The normalized spacial score (nSPS) is 17.5. The third kappa shape index (κ3) is 3.97. The molecule has 0 aliphatic carbocycles. The number of rotatable bonds is 5. The van der Waals surface area contributed by atoms with Crippen LogP contribution in [0.2, 0.25) is 0 Å². The molecule has 1 aromatic carbocycles. The molecule has 0 saturated carbocycles. The van der Waals surface area contributed by atoms with Crippen molar-refractivity contribution in [2.75, 3.05) is 26.7 Å². The molecule has 1 saturated heterocycles. The first-order valence-electron chi connectivity index (χ1n) is 7.38. The minimum atomic E-state index is -0.300. The van der Waals surface area contributed by atoms with Crippen LogP contribution >= 0.6 is 0 Å². The largest absolute Gasteiger partial charge is 0.496 e. The Bertz CT molecular complexity index is 441. The van der Waals surface area contributed by atoms with Gasteiger partial charge in [-0.05, 0) is 38.3 Å². The van der Waals surface area contributed by atoms with Crippen LogP contribution in [0, 0.1) is 0 Å². The van der Waals surface area contributed by atoms with Crippen LogP contribution in [-0.4, -0.2) is 38.8 Å². The van der Waals surface area contributed by atoms with Crippen LogP contribution in [0.1, 0.15) is 36.5 Å². The second-order valence-corrected chi connectivity index (χ2v) is 5.43. The predicted molar refractivity (Wildman–Crippen MR) is 77.3 cm³/mol. The number of carbonyl (C=O) groups is 1. The molecule has 0 amide bonds. The Morgan fingerprint density at radius 3 is 2.65 bits per heavy atom. The minimum absolute atomic E-state index is 0.0690. The van der Waals surface area contributed by atoms with E-state index >= 15 is 0 Å². The average Bonchev–Trinajstić information content (AvgIpc) is 2.48. The van der Waals surface area contributed by atoms with Crippen molar-refractivity contribution < 1.29 is 19.2 Å². The van der Waals surface area contributed by atoms with Crippen LogP contribution < -0.4 is 9.64 Å². The number of benzene rings is 1. The Hall–Kier alpha value is -1.55. The molecule has 20 heavy (non-hydrogen) atoms. The molecule has 1 N–H and O–H groups in total. The van der Waals surface area contributed by atoms with E-state index in [1.54, 1.807) is 19.2 Å². The number of quaternary nitrogens is 1. The molecule has 4 heteroatoms. The first-order chi connectivity index (χ1) is 9.70. The molecule has 0 aromatic heterocycles. The van der Waals surface area contributed by atoms with Gasteiger partial charge in [0.25, 0.3) is 0 Å². The van der Waals surface area contributed by atoms with E-state index in [9.17, 15) is 4.79 Å². The van der Waals surface area contributed by atoms with Gasteiger partial charge in [-0.1, -0.05) is 12.1 Å². The molecule has 1 unspecified atom stereocenters. The topological polar surface area (TPSA) is 40.0 Å². The highest BCUT2D eigenvalue weighted by molar-refractivity contribution is 5.92. The number of ether oxygens (including phenoxy) is 2. The number of nitrogens with one attached hydrogen (secondary N) is 1. The number of para-hydroxylation sites is 1. The lowest BCUT2D eigenvalue weighted by atomic mass is 10.1. The zero-order chi connectivity index (χ0) is 14.4. The van der Waals surface area contributed by atoms with Gasteiger partial charge in [0.2, 0.25) is 0 Å². The zero-order valence-electron chi connectivity index (χ0n) is 12.4. The Kier molecular flexibility index (Phi) is 5.41. The smallest absolute Gasteiger partial charge is 0.342 e. The van der Waals surface area contributed by atoms with Crippen LogP contribution in [0.4, 0.5) is 0 Å². The molecular formula is C16H24NO3+. The van der Waals surface area contributed by atoms with E-state index in [0.29, 0.717) is 11.3 Å². The van der Waals surface area contributed by atoms with E-state index in [-0.39, 0.29) is 12.1 Å². The van der Waals surface area contributed by atoms with E-state index in [4.69, 9.17) is 9.47 Å². The van der Waals surface area contributed by atoms with E-state index in [0.717, 1.165) is 6.54 Å². The van der Waals surface area contributed by atoms with E-state index in [1.165, 1.54) is 37.3 Å². The summed E-state index contributed by atoms with van der Waals surface area (Å²) in [5.41, 5.74) is 0.496. The van der Waals surface area contributed by atoms with Crippen molar-refractivity contribution >= 4 is 5.97 Å². The van der Waals surface area contributed by atoms with Gasteiger partial charge in [0.15, 0.2) is 0 Å². The maximum absolute atomic E-state index is 12.2. The SMILES string of the molecule is COc1ccccc1C(=O)OC(C)C[NH+]1CCCCC1. The summed E-state index contributed by atoms with van der Waals surface area (Å²) < 4.78 is 10.7. The van der Waals surface area contributed by atoms with Crippen LogP contribution in [0.3, 0.4) is 0 Å². The number of esters is 1. The van der Waals surface area contributed by atoms with Crippen LogP contribution in [-0.2, 0) is 4.74 Å². The fourth-order valence-electron chi connectivity index (χ4n) is 2.76. The highest BCUT2D eigenvalue weighted by atomic mass is 16.5. The predicted octanol–water partition coefficient (Wildman–Crippen LogP) is 1.31. The van der Waals surface area contributed by atoms with Gasteiger partial charge in [0.1, 0.15) is 24.0 Å². The summed E-state index contributed by atoms with van der Waals surface area (Å²) in [5, 5.41) is 0. The van der Waals surface area contributed by atoms with Crippen LogP contribution in [0.5, 0.6) is 5.75 Å². The number of methoxy groups -OCH3 is 1. The fourth-order valence-corrected chi connectivity index (χ4v) is 2.76. The fraction of sp³-hybridized carbons (Fsp3) is 0.562. The maximum Gasteiger partial charge on any atom is 0.342 e. The van der Waals surface area contributed by atoms with E-state index < -0.39 is 0 Å². The Morgan fingerprint density at radius 2 is 1.95 bits per heavy atom. The number of hydrogen-bond acceptors (Lipinski definition) is 3. The molecule has 0 radical (unpaired) electrons. The van der Waals surface area contributed by atoms with Gasteiger partial charge in [-0.25, -0.2) is 4.79 Å². The molecule has 1 aliphatic heterocycles. The number of carbonyl (C=O) groups excluding carboxylic acids is 1. The quantitative estimate of drug-likeness (QED) is 0.826. The summed E-state index contributed by atoms with van der Waals surface area (Å²) in [6, 6.07) is 7.18. The first kappa shape index (κ1) is 14.9. The van der Waals surface area contributed by atoms with Gasteiger partial charge in [-0.3, -0.25) is 0 Å². The van der Waals surface area contributed by atoms with Crippen molar-refractivity contribution in [1.29, 1.82) is 0 Å². The summed E-state index contributed by atoms with van der Waals surface area (Å²) in [4.78, 5) is 13.7.